The van der Waals surface area contributed by atoms with E-state index in [2.05, 4.69) is 31.4 Å². The van der Waals surface area contributed by atoms with Crippen LogP contribution in [-0.2, 0) is 0 Å². The van der Waals surface area contributed by atoms with Crippen molar-refractivity contribution < 1.29 is 0 Å². The fraction of sp³-hybridized carbons (Fsp3) is 1.00. The van der Waals surface area contributed by atoms with Gasteiger partial charge >= 0.3 is 0 Å². The Morgan fingerprint density at radius 2 is 2.15 bits per heavy atom. The summed E-state index contributed by atoms with van der Waals surface area (Å²) in [6.07, 6.45) is 4.02. The van der Waals surface area contributed by atoms with Gasteiger partial charge in [-0.1, -0.05) is 13.8 Å². The highest BCUT2D eigenvalue weighted by atomic mass is 15.0. The summed E-state index contributed by atoms with van der Waals surface area (Å²) in [5.74, 6) is 0.763. The summed E-state index contributed by atoms with van der Waals surface area (Å²) in [6, 6.07) is 1.44. The molecule has 0 spiro atoms. The zero-order valence-corrected chi connectivity index (χ0v) is 9.27. The Kier molecular flexibility index (Phi) is 4.74. The first-order chi connectivity index (χ1) is 6.18. The van der Waals surface area contributed by atoms with Crippen LogP contribution in [0.4, 0.5) is 0 Å². The molecular formula is C11H24N2. The Balaban J connectivity index is 2.05. The molecule has 1 saturated heterocycles. The molecule has 2 N–H and O–H groups in total. The maximum absolute atomic E-state index is 3.57. The van der Waals surface area contributed by atoms with E-state index < -0.39 is 0 Å². The fourth-order valence-electron chi connectivity index (χ4n) is 1.90. The maximum atomic E-state index is 3.57. The normalized spacial score (nSPS) is 25.4. The molecular weight excluding hydrogens is 160 g/mol. The number of rotatable bonds is 5. The van der Waals surface area contributed by atoms with Crippen LogP contribution in [-0.4, -0.2) is 25.2 Å². The molecule has 1 heterocycles. The van der Waals surface area contributed by atoms with E-state index in [-0.39, 0.29) is 0 Å². The van der Waals surface area contributed by atoms with Gasteiger partial charge in [-0.25, -0.2) is 0 Å². The Labute approximate surface area is 82.5 Å². The van der Waals surface area contributed by atoms with Gasteiger partial charge in [-0.05, 0) is 45.2 Å². The van der Waals surface area contributed by atoms with Crippen molar-refractivity contribution in [1.29, 1.82) is 0 Å². The highest BCUT2D eigenvalue weighted by Crippen LogP contribution is 2.10. The lowest BCUT2D eigenvalue weighted by molar-refractivity contribution is 0.417. The monoisotopic (exact) mass is 184 g/mol. The molecule has 2 unspecified atom stereocenters. The first-order valence-corrected chi connectivity index (χ1v) is 5.65. The van der Waals surface area contributed by atoms with E-state index in [0.717, 1.165) is 18.5 Å². The minimum Gasteiger partial charge on any atom is -0.314 e. The molecule has 0 aromatic rings. The second-order valence-electron chi connectivity index (χ2n) is 4.73. The van der Waals surface area contributed by atoms with Gasteiger partial charge in [0.15, 0.2) is 0 Å². The maximum Gasteiger partial charge on any atom is 0.00822 e. The van der Waals surface area contributed by atoms with E-state index in [1.807, 2.05) is 0 Å². The van der Waals surface area contributed by atoms with Crippen LogP contribution in [0.1, 0.15) is 40.0 Å². The summed E-state index contributed by atoms with van der Waals surface area (Å²) < 4.78 is 0. The summed E-state index contributed by atoms with van der Waals surface area (Å²) in [4.78, 5) is 0. The van der Waals surface area contributed by atoms with E-state index in [4.69, 9.17) is 0 Å². The summed E-state index contributed by atoms with van der Waals surface area (Å²) in [5.41, 5.74) is 0. The van der Waals surface area contributed by atoms with E-state index in [9.17, 15) is 0 Å². The predicted molar refractivity (Wildman–Crippen MR) is 57.9 cm³/mol. The van der Waals surface area contributed by atoms with Crippen molar-refractivity contribution in [3.05, 3.63) is 0 Å². The second-order valence-corrected chi connectivity index (χ2v) is 4.73. The van der Waals surface area contributed by atoms with Gasteiger partial charge in [0.05, 0.1) is 0 Å². The number of nitrogens with one attached hydrogen (secondary N) is 2. The summed E-state index contributed by atoms with van der Waals surface area (Å²) in [7, 11) is 0. The molecule has 0 bridgehead atoms. The third kappa shape index (κ3) is 4.63. The molecule has 1 aliphatic heterocycles. The Morgan fingerprint density at radius 1 is 1.38 bits per heavy atom. The fourth-order valence-corrected chi connectivity index (χ4v) is 1.90. The third-order valence-corrected chi connectivity index (χ3v) is 2.68. The zero-order chi connectivity index (χ0) is 9.68. The smallest absolute Gasteiger partial charge is 0.00822 e. The molecule has 0 aromatic heterocycles. The molecule has 0 saturated carbocycles. The summed E-state index contributed by atoms with van der Waals surface area (Å²) >= 11 is 0. The molecule has 1 fully saturated rings. The van der Waals surface area contributed by atoms with Gasteiger partial charge in [0, 0.05) is 12.1 Å². The Morgan fingerprint density at radius 3 is 2.69 bits per heavy atom. The summed E-state index contributed by atoms with van der Waals surface area (Å²) in [6.45, 7) is 9.18. The van der Waals surface area contributed by atoms with Crippen LogP contribution in [0.25, 0.3) is 0 Å². The van der Waals surface area contributed by atoms with Crippen molar-refractivity contribution in [2.75, 3.05) is 13.1 Å². The van der Waals surface area contributed by atoms with Crippen LogP contribution >= 0.6 is 0 Å². The van der Waals surface area contributed by atoms with Gasteiger partial charge in [0.25, 0.3) is 0 Å². The van der Waals surface area contributed by atoms with Gasteiger partial charge in [-0.2, -0.15) is 0 Å². The lowest BCUT2D eigenvalue weighted by Crippen LogP contribution is -2.35. The van der Waals surface area contributed by atoms with Crippen LogP contribution in [0.5, 0.6) is 0 Å². The quantitative estimate of drug-likeness (QED) is 0.680. The van der Waals surface area contributed by atoms with E-state index in [0.29, 0.717) is 6.04 Å². The second kappa shape index (κ2) is 5.61. The molecule has 0 radical (unpaired) electrons. The molecule has 13 heavy (non-hydrogen) atoms. The van der Waals surface area contributed by atoms with Crippen LogP contribution in [0.15, 0.2) is 0 Å². The van der Waals surface area contributed by atoms with Crippen molar-refractivity contribution in [3.63, 3.8) is 0 Å². The SMILES string of the molecule is CC(C)CNC(C)CC1CCCN1. The van der Waals surface area contributed by atoms with Crippen molar-refractivity contribution in [2.45, 2.75) is 52.1 Å². The first-order valence-electron chi connectivity index (χ1n) is 5.65. The highest BCUT2D eigenvalue weighted by molar-refractivity contribution is 4.78. The van der Waals surface area contributed by atoms with Crippen molar-refractivity contribution in [1.82, 2.24) is 10.6 Å². The van der Waals surface area contributed by atoms with Crippen LogP contribution in [0.2, 0.25) is 0 Å². The summed E-state index contributed by atoms with van der Waals surface area (Å²) in [5, 5.41) is 7.10. The van der Waals surface area contributed by atoms with E-state index in [1.165, 1.54) is 25.8 Å². The molecule has 2 nitrogen and oxygen atoms in total. The van der Waals surface area contributed by atoms with Crippen LogP contribution in [0.3, 0.4) is 0 Å². The molecule has 78 valence electrons. The van der Waals surface area contributed by atoms with Gasteiger partial charge in [-0.15, -0.1) is 0 Å². The third-order valence-electron chi connectivity index (χ3n) is 2.68. The van der Waals surface area contributed by atoms with Crippen molar-refractivity contribution in [2.24, 2.45) is 5.92 Å². The molecule has 2 atom stereocenters. The van der Waals surface area contributed by atoms with Gasteiger partial charge < -0.3 is 10.6 Å². The largest absolute Gasteiger partial charge is 0.314 e. The molecule has 1 rings (SSSR count). The average Bonchev–Trinajstić information content (AvgIpc) is 2.53. The van der Waals surface area contributed by atoms with Crippen molar-refractivity contribution in [3.8, 4) is 0 Å². The van der Waals surface area contributed by atoms with Gasteiger partial charge in [0.1, 0.15) is 0 Å². The Hall–Kier alpha value is -0.0800. The van der Waals surface area contributed by atoms with Crippen LogP contribution < -0.4 is 10.6 Å². The van der Waals surface area contributed by atoms with Gasteiger partial charge in [-0.3, -0.25) is 0 Å². The zero-order valence-electron chi connectivity index (χ0n) is 9.27. The molecule has 2 heteroatoms. The molecule has 1 aliphatic rings. The highest BCUT2D eigenvalue weighted by Gasteiger charge is 2.16. The average molecular weight is 184 g/mol. The molecule has 0 amide bonds. The van der Waals surface area contributed by atoms with Crippen LogP contribution in [0, 0.1) is 5.92 Å². The van der Waals surface area contributed by atoms with Crippen molar-refractivity contribution >= 4 is 0 Å². The lowest BCUT2D eigenvalue weighted by Gasteiger charge is -2.19. The molecule has 0 aromatic carbocycles. The van der Waals surface area contributed by atoms with Gasteiger partial charge in [0.2, 0.25) is 0 Å². The standard InChI is InChI=1S/C11H24N2/c1-9(2)8-13-10(3)7-11-5-4-6-12-11/h9-13H,4-8H2,1-3H3. The Bertz CT molecular complexity index is 128. The minimum atomic E-state index is 0.665. The predicted octanol–water partition coefficient (Wildman–Crippen LogP) is 1.76. The first kappa shape index (κ1) is 11.0. The van der Waals surface area contributed by atoms with E-state index >= 15 is 0 Å². The number of hydrogen-bond donors (Lipinski definition) is 2. The minimum absolute atomic E-state index is 0.665. The topological polar surface area (TPSA) is 24.1 Å². The number of hydrogen-bond acceptors (Lipinski definition) is 2. The van der Waals surface area contributed by atoms with E-state index in [1.54, 1.807) is 0 Å². The molecule has 0 aliphatic carbocycles. The lowest BCUT2D eigenvalue weighted by atomic mass is 10.1.